The average molecular weight is 467 g/mol. The van der Waals surface area contributed by atoms with Crippen molar-refractivity contribution in [3.63, 3.8) is 0 Å². The molecule has 0 bridgehead atoms. The molecule has 3 heterocycles. The third-order valence-corrected chi connectivity index (χ3v) is 8.50. The molecule has 1 aliphatic heterocycles. The summed E-state index contributed by atoms with van der Waals surface area (Å²) in [6.45, 7) is 4.14. The van der Waals surface area contributed by atoms with Crippen LogP contribution in [0.1, 0.15) is 24.0 Å². The fraction of sp³-hybridized carbons (Fsp3) is 0.316. The number of aromatic nitrogens is 2. The zero-order valence-corrected chi connectivity index (χ0v) is 18.6. The van der Waals surface area contributed by atoms with Gasteiger partial charge in [0, 0.05) is 12.1 Å². The van der Waals surface area contributed by atoms with Gasteiger partial charge in [-0.25, -0.2) is 8.42 Å². The molecule has 4 rings (SSSR count). The highest BCUT2D eigenvalue weighted by Crippen LogP contribution is 2.32. The van der Waals surface area contributed by atoms with Gasteiger partial charge in [-0.15, -0.1) is 16.4 Å². The van der Waals surface area contributed by atoms with Gasteiger partial charge >= 0.3 is 6.01 Å². The second-order valence-corrected chi connectivity index (χ2v) is 10.9. The quantitative estimate of drug-likeness (QED) is 0.612. The summed E-state index contributed by atoms with van der Waals surface area (Å²) < 4.78 is 33.1. The number of halogens is 1. The van der Waals surface area contributed by atoms with Crippen LogP contribution >= 0.6 is 22.9 Å². The first kappa shape index (κ1) is 21.0. The zero-order valence-electron chi connectivity index (χ0n) is 16.3. The highest BCUT2D eigenvalue weighted by atomic mass is 35.5. The number of carbonyl (C=O) groups is 1. The van der Waals surface area contributed by atoms with Crippen LogP contribution in [0.15, 0.2) is 39.0 Å². The maximum Gasteiger partial charge on any atom is 0.322 e. The van der Waals surface area contributed by atoms with E-state index in [1.165, 1.54) is 16.4 Å². The number of nitrogens with zero attached hydrogens (tertiary/aromatic N) is 3. The number of sulfonamides is 1. The Morgan fingerprint density at radius 2 is 2.07 bits per heavy atom. The molecule has 1 amide bonds. The van der Waals surface area contributed by atoms with Gasteiger partial charge in [-0.3, -0.25) is 10.1 Å². The summed E-state index contributed by atoms with van der Waals surface area (Å²) in [6.07, 6.45) is 0.982. The molecule has 0 aliphatic carbocycles. The van der Waals surface area contributed by atoms with Crippen molar-refractivity contribution in [1.29, 1.82) is 0 Å². The number of carbonyl (C=O) groups excluding carboxylic acids is 1. The maximum absolute atomic E-state index is 12.9. The Kier molecular flexibility index (Phi) is 5.67. The molecular formula is C19H19ClN4O4S2. The van der Waals surface area contributed by atoms with Crippen LogP contribution in [0.3, 0.4) is 0 Å². The second kappa shape index (κ2) is 8.10. The number of rotatable bonds is 5. The van der Waals surface area contributed by atoms with E-state index in [-0.39, 0.29) is 22.7 Å². The first-order valence-corrected chi connectivity index (χ1v) is 11.9. The smallest absolute Gasteiger partial charge is 0.322 e. The number of benzene rings is 1. The Morgan fingerprint density at radius 3 is 2.80 bits per heavy atom. The van der Waals surface area contributed by atoms with Gasteiger partial charge in [0.1, 0.15) is 10.3 Å². The molecule has 30 heavy (non-hydrogen) atoms. The van der Waals surface area contributed by atoms with Crippen LogP contribution in [-0.4, -0.2) is 41.4 Å². The molecule has 11 heteroatoms. The lowest BCUT2D eigenvalue weighted by molar-refractivity contribution is -0.119. The van der Waals surface area contributed by atoms with E-state index in [0.717, 1.165) is 28.0 Å². The average Bonchev–Trinajstić information content (AvgIpc) is 3.44. The molecule has 1 saturated heterocycles. The van der Waals surface area contributed by atoms with Crippen molar-refractivity contribution >= 4 is 44.9 Å². The highest BCUT2D eigenvalue weighted by molar-refractivity contribution is 7.91. The number of hydrogen-bond acceptors (Lipinski definition) is 7. The van der Waals surface area contributed by atoms with Gasteiger partial charge in [0.05, 0.1) is 4.34 Å². The van der Waals surface area contributed by atoms with E-state index < -0.39 is 22.0 Å². The number of nitrogens with one attached hydrogen (secondary N) is 1. The van der Waals surface area contributed by atoms with E-state index in [1.807, 2.05) is 32.0 Å². The largest absolute Gasteiger partial charge is 0.403 e. The molecule has 1 fully saturated rings. The Balaban J connectivity index is 1.53. The molecule has 1 unspecified atom stereocenters. The lowest BCUT2D eigenvalue weighted by Crippen LogP contribution is -2.42. The van der Waals surface area contributed by atoms with Gasteiger partial charge in [-0.2, -0.15) is 4.31 Å². The van der Waals surface area contributed by atoms with E-state index >= 15 is 0 Å². The summed E-state index contributed by atoms with van der Waals surface area (Å²) in [6, 6.07) is 7.90. The predicted octanol–water partition coefficient (Wildman–Crippen LogP) is 3.86. The lowest BCUT2D eigenvalue weighted by Gasteiger charge is -2.21. The number of hydrogen-bond donors (Lipinski definition) is 1. The first-order chi connectivity index (χ1) is 14.3. The fourth-order valence-corrected chi connectivity index (χ4v) is 6.65. The third-order valence-electron chi connectivity index (χ3n) is 4.90. The van der Waals surface area contributed by atoms with E-state index in [1.54, 1.807) is 0 Å². The van der Waals surface area contributed by atoms with E-state index in [9.17, 15) is 13.2 Å². The molecule has 0 saturated carbocycles. The Hall–Kier alpha value is -2.27. The van der Waals surface area contributed by atoms with Crippen LogP contribution in [0, 0.1) is 13.8 Å². The molecule has 2 aromatic heterocycles. The van der Waals surface area contributed by atoms with E-state index in [2.05, 4.69) is 15.5 Å². The predicted molar refractivity (Wildman–Crippen MR) is 114 cm³/mol. The van der Waals surface area contributed by atoms with Crippen molar-refractivity contribution in [3.05, 3.63) is 45.8 Å². The van der Waals surface area contributed by atoms with Gasteiger partial charge in [0.2, 0.25) is 11.8 Å². The van der Waals surface area contributed by atoms with Crippen LogP contribution in [0.5, 0.6) is 0 Å². The monoisotopic (exact) mass is 466 g/mol. The summed E-state index contributed by atoms with van der Waals surface area (Å²) in [7, 11) is -3.81. The Bertz CT molecular complexity index is 1200. The number of thiophene rings is 1. The van der Waals surface area contributed by atoms with Crippen LogP contribution in [0.25, 0.3) is 11.5 Å². The summed E-state index contributed by atoms with van der Waals surface area (Å²) in [4.78, 5) is 12.8. The normalized spacial score (nSPS) is 17.4. The van der Waals surface area contributed by atoms with Gasteiger partial charge < -0.3 is 4.42 Å². The van der Waals surface area contributed by atoms with Crippen LogP contribution < -0.4 is 5.32 Å². The minimum absolute atomic E-state index is 0.0701. The zero-order chi connectivity index (χ0) is 21.5. The number of aryl methyl sites for hydroxylation is 2. The molecule has 0 spiro atoms. The first-order valence-electron chi connectivity index (χ1n) is 9.25. The maximum atomic E-state index is 12.9. The van der Waals surface area contributed by atoms with Crippen LogP contribution in [0.2, 0.25) is 4.34 Å². The molecule has 0 radical (unpaired) electrons. The third kappa shape index (κ3) is 4.00. The van der Waals surface area contributed by atoms with Crippen molar-refractivity contribution in [2.45, 2.75) is 36.9 Å². The molecule has 158 valence electrons. The molecule has 1 atom stereocenters. The Labute approximate surface area is 182 Å². The van der Waals surface area contributed by atoms with Crippen LogP contribution in [-0.2, 0) is 14.8 Å². The summed E-state index contributed by atoms with van der Waals surface area (Å²) in [5, 5.41) is 10.5. The van der Waals surface area contributed by atoms with Gasteiger partial charge in [-0.1, -0.05) is 34.4 Å². The van der Waals surface area contributed by atoms with Gasteiger partial charge in [0.15, 0.2) is 0 Å². The van der Waals surface area contributed by atoms with E-state index in [4.69, 9.17) is 16.0 Å². The number of amides is 1. The van der Waals surface area contributed by atoms with Crippen molar-refractivity contribution in [3.8, 4) is 11.5 Å². The van der Waals surface area contributed by atoms with Crippen molar-refractivity contribution in [2.75, 3.05) is 11.9 Å². The topological polar surface area (TPSA) is 105 Å². The van der Waals surface area contributed by atoms with Crippen molar-refractivity contribution < 1.29 is 17.6 Å². The SMILES string of the molecule is Cc1ccc(C)c(-c2nnc(NC(=O)C3CCCN3S(=O)(=O)c3ccc(Cl)s3)o2)c1. The molecular weight excluding hydrogens is 448 g/mol. The summed E-state index contributed by atoms with van der Waals surface area (Å²) in [5.41, 5.74) is 2.78. The van der Waals surface area contributed by atoms with Gasteiger partial charge in [0.25, 0.3) is 10.0 Å². The molecule has 3 aromatic rings. The summed E-state index contributed by atoms with van der Waals surface area (Å²) >= 11 is 6.85. The standard InChI is InChI=1S/C19H19ClN4O4S2/c1-11-5-6-12(2)13(10-11)18-22-23-19(28-18)21-17(25)14-4-3-9-24(14)30(26,27)16-8-7-15(20)29-16/h5-8,10,14H,3-4,9H2,1-2H3,(H,21,23,25). The lowest BCUT2D eigenvalue weighted by atomic mass is 10.1. The highest BCUT2D eigenvalue weighted by Gasteiger charge is 2.40. The molecule has 1 aliphatic rings. The fourth-order valence-electron chi connectivity index (χ4n) is 3.38. The molecule has 1 N–H and O–H groups in total. The van der Waals surface area contributed by atoms with E-state index in [0.29, 0.717) is 17.2 Å². The second-order valence-electron chi connectivity index (χ2n) is 7.05. The van der Waals surface area contributed by atoms with Gasteiger partial charge in [-0.05, 0) is 50.5 Å². The summed E-state index contributed by atoms with van der Waals surface area (Å²) in [5.74, 6) is -0.217. The van der Waals surface area contributed by atoms with Crippen LogP contribution in [0.4, 0.5) is 6.01 Å². The Morgan fingerprint density at radius 1 is 1.27 bits per heavy atom. The minimum Gasteiger partial charge on any atom is -0.403 e. The minimum atomic E-state index is -3.81. The molecule has 8 nitrogen and oxygen atoms in total. The number of anilines is 1. The van der Waals surface area contributed by atoms with Crippen molar-refractivity contribution in [2.24, 2.45) is 0 Å². The molecule has 1 aromatic carbocycles. The van der Waals surface area contributed by atoms with Crippen molar-refractivity contribution in [1.82, 2.24) is 14.5 Å².